The van der Waals surface area contributed by atoms with Crippen LogP contribution in [0.4, 0.5) is 0 Å². The van der Waals surface area contributed by atoms with Crippen LogP contribution in [0.5, 0.6) is 0 Å². The fourth-order valence-electron chi connectivity index (χ4n) is 3.02. The predicted octanol–water partition coefficient (Wildman–Crippen LogP) is 4.91. The number of halogens is 2. The maximum atomic E-state index is 12.9. The fraction of sp³-hybridized carbons (Fsp3) is 0.444. The topological polar surface area (TPSA) is 46.3 Å². The van der Waals surface area contributed by atoms with E-state index in [0.717, 1.165) is 24.4 Å². The quantitative estimate of drug-likeness (QED) is 0.708. The molecule has 6 heteroatoms. The largest absolute Gasteiger partial charge is 0.464 e. The number of hydrogen-bond acceptors (Lipinski definition) is 3. The van der Waals surface area contributed by atoms with E-state index in [4.69, 9.17) is 27.6 Å². The molecule has 1 amide bonds. The molecule has 0 saturated heterocycles. The molecule has 2 aliphatic rings. The van der Waals surface area contributed by atoms with E-state index >= 15 is 0 Å². The molecule has 0 N–H and O–H groups in total. The summed E-state index contributed by atoms with van der Waals surface area (Å²) in [7, 11) is 0. The monoisotopic (exact) mass is 364 g/mol. The van der Waals surface area contributed by atoms with E-state index in [-0.39, 0.29) is 22.8 Å². The van der Waals surface area contributed by atoms with Crippen molar-refractivity contribution in [3.8, 4) is 0 Å². The van der Waals surface area contributed by atoms with Crippen LogP contribution in [0.1, 0.15) is 54.1 Å². The normalized spacial score (nSPS) is 22.5. The van der Waals surface area contributed by atoms with Crippen molar-refractivity contribution in [2.75, 3.05) is 0 Å². The van der Waals surface area contributed by atoms with Crippen LogP contribution in [0.25, 0.3) is 0 Å². The molecule has 2 fully saturated rings. The summed E-state index contributed by atoms with van der Waals surface area (Å²) in [5.41, 5.74) is 0.207. The first-order valence-electron chi connectivity index (χ1n) is 8.24. The third kappa shape index (κ3) is 3.17. The van der Waals surface area contributed by atoms with Gasteiger partial charge in [0.25, 0.3) is 5.91 Å². The number of amides is 1. The van der Waals surface area contributed by atoms with Gasteiger partial charge in [0.15, 0.2) is 0 Å². The van der Waals surface area contributed by atoms with Gasteiger partial charge in [-0.3, -0.25) is 4.79 Å². The first-order chi connectivity index (χ1) is 11.5. The summed E-state index contributed by atoms with van der Waals surface area (Å²) in [4.78, 5) is 18.8. The van der Waals surface area contributed by atoms with Crippen molar-refractivity contribution in [3.05, 3.63) is 51.7 Å². The molecule has 4 rings (SSSR count). The van der Waals surface area contributed by atoms with E-state index in [1.165, 1.54) is 6.42 Å². The Bertz CT molecular complexity index is 785. The number of rotatable bonds is 5. The van der Waals surface area contributed by atoms with Crippen LogP contribution >= 0.6 is 23.2 Å². The molecule has 0 bridgehead atoms. The average molecular weight is 365 g/mol. The molecule has 2 atom stereocenters. The van der Waals surface area contributed by atoms with Gasteiger partial charge in [-0.25, -0.2) is 4.98 Å². The minimum Gasteiger partial charge on any atom is -0.464 e. The predicted molar refractivity (Wildman–Crippen MR) is 92.4 cm³/mol. The Hall–Kier alpha value is -1.52. The zero-order valence-corrected chi connectivity index (χ0v) is 14.8. The average Bonchev–Trinajstić information content (AvgIpc) is 3.48. The van der Waals surface area contributed by atoms with Crippen molar-refractivity contribution in [2.24, 2.45) is 5.92 Å². The van der Waals surface area contributed by atoms with E-state index in [2.05, 4.69) is 11.9 Å². The lowest BCUT2D eigenvalue weighted by atomic mass is 10.2. The Morgan fingerprint density at radius 2 is 2.04 bits per heavy atom. The van der Waals surface area contributed by atoms with Gasteiger partial charge >= 0.3 is 0 Å². The minimum atomic E-state index is -0.192. The zero-order valence-electron chi connectivity index (χ0n) is 13.3. The first kappa shape index (κ1) is 16.0. The van der Waals surface area contributed by atoms with Crippen molar-refractivity contribution in [2.45, 2.75) is 44.7 Å². The number of furan rings is 1. The maximum absolute atomic E-state index is 12.9. The van der Waals surface area contributed by atoms with Crippen LogP contribution < -0.4 is 0 Å². The van der Waals surface area contributed by atoms with Crippen LogP contribution in [-0.2, 0) is 6.54 Å². The molecule has 126 valence electrons. The highest BCUT2D eigenvalue weighted by Gasteiger charge is 2.38. The summed E-state index contributed by atoms with van der Waals surface area (Å²) in [5.74, 6) is 2.87. The highest BCUT2D eigenvalue weighted by Crippen LogP contribution is 2.47. The molecular formula is C18H18Cl2N2O2. The lowest BCUT2D eigenvalue weighted by Gasteiger charge is -2.21. The fourth-order valence-corrected chi connectivity index (χ4v) is 3.36. The van der Waals surface area contributed by atoms with Gasteiger partial charge in [0.05, 0.1) is 11.6 Å². The molecule has 2 aliphatic carbocycles. The Kier molecular flexibility index (Phi) is 4.05. The molecule has 2 aromatic rings. The van der Waals surface area contributed by atoms with Gasteiger partial charge in [0.1, 0.15) is 22.4 Å². The number of hydrogen-bond donors (Lipinski definition) is 0. The van der Waals surface area contributed by atoms with Gasteiger partial charge in [0.2, 0.25) is 0 Å². The standard InChI is InChI=1S/C18H18Cl2N2O2/c1-10-8-13(10)15-6-4-12(24-15)9-22(11-2-3-11)18(23)17-14(19)5-7-16(20)21-17/h4-7,10-11,13H,2-3,8-9H2,1H3/t10-,13+/m1/s1. The van der Waals surface area contributed by atoms with Gasteiger partial charge in [-0.05, 0) is 49.4 Å². The molecule has 0 aliphatic heterocycles. The number of carbonyl (C=O) groups is 1. The van der Waals surface area contributed by atoms with Crippen molar-refractivity contribution in [1.82, 2.24) is 9.88 Å². The SMILES string of the molecule is C[C@@H]1C[C@@H]1c1ccc(CN(C(=O)c2nc(Cl)ccc2Cl)C2CC2)o1. The van der Waals surface area contributed by atoms with E-state index in [0.29, 0.717) is 23.4 Å². The molecule has 0 radical (unpaired) electrons. The summed E-state index contributed by atoms with van der Waals surface area (Å²) in [6.45, 7) is 2.66. The lowest BCUT2D eigenvalue weighted by molar-refractivity contribution is 0.0711. The van der Waals surface area contributed by atoms with Gasteiger partial charge in [-0.1, -0.05) is 30.1 Å². The minimum absolute atomic E-state index is 0.192. The Morgan fingerprint density at radius 1 is 1.29 bits per heavy atom. The molecule has 24 heavy (non-hydrogen) atoms. The Labute approximate surface area is 150 Å². The molecule has 2 aromatic heterocycles. The number of pyridine rings is 1. The number of nitrogens with zero attached hydrogens (tertiary/aromatic N) is 2. The number of carbonyl (C=O) groups excluding carboxylic acids is 1. The third-order valence-corrected chi connectivity index (χ3v) is 5.26. The maximum Gasteiger partial charge on any atom is 0.274 e. The van der Waals surface area contributed by atoms with Crippen molar-refractivity contribution in [3.63, 3.8) is 0 Å². The van der Waals surface area contributed by atoms with E-state index < -0.39 is 0 Å². The Balaban J connectivity index is 1.55. The van der Waals surface area contributed by atoms with E-state index in [9.17, 15) is 4.79 Å². The molecule has 0 aromatic carbocycles. The second-order valence-corrected chi connectivity index (χ2v) is 7.55. The summed E-state index contributed by atoms with van der Waals surface area (Å²) in [6, 6.07) is 7.41. The molecule has 2 heterocycles. The lowest BCUT2D eigenvalue weighted by Crippen LogP contribution is -2.33. The Morgan fingerprint density at radius 3 is 2.71 bits per heavy atom. The number of aromatic nitrogens is 1. The molecule has 4 nitrogen and oxygen atoms in total. The second-order valence-electron chi connectivity index (χ2n) is 6.75. The summed E-state index contributed by atoms with van der Waals surface area (Å²) < 4.78 is 5.95. The summed E-state index contributed by atoms with van der Waals surface area (Å²) in [5, 5.41) is 0.587. The third-order valence-electron chi connectivity index (χ3n) is 4.75. The summed E-state index contributed by atoms with van der Waals surface area (Å²) in [6.07, 6.45) is 3.18. The molecule has 2 saturated carbocycles. The van der Waals surface area contributed by atoms with E-state index in [1.807, 2.05) is 12.1 Å². The molecule has 0 spiro atoms. The summed E-state index contributed by atoms with van der Waals surface area (Å²) >= 11 is 12.1. The smallest absolute Gasteiger partial charge is 0.274 e. The van der Waals surface area contributed by atoms with Gasteiger partial charge in [0, 0.05) is 12.0 Å². The first-order valence-corrected chi connectivity index (χ1v) is 9.00. The van der Waals surface area contributed by atoms with Gasteiger partial charge in [-0.15, -0.1) is 0 Å². The van der Waals surface area contributed by atoms with Crippen LogP contribution in [0.2, 0.25) is 10.2 Å². The van der Waals surface area contributed by atoms with Gasteiger partial charge < -0.3 is 9.32 Å². The highest BCUT2D eigenvalue weighted by molar-refractivity contribution is 6.34. The van der Waals surface area contributed by atoms with Crippen molar-refractivity contribution >= 4 is 29.1 Å². The van der Waals surface area contributed by atoms with Gasteiger partial charge in [-0.2, -0.15) is 0 Å². The highest BCUT2D eigenvalue weighted by atomic mass is 35.5. The van der Waals surface area contributed by atoms with Crippen LogP contribution in [-0.4, -0.2) is 21.8 Å². The molecule has 0 unspecified atom stereocenters. The molecular weight excluding hydrogens is 347 g/mol. The van der Waals surface area contributed by atoms with Crippen LogP contribution in [0.3, 0.4) is 0 Å². The zero-order chi connectivity index (χ0) is 16.8. The van der Waals surface area contributed by atoms with E-state index in [1.54, 1.807) is 17.0 Å². The van der Waals surface area contributed by atoms with Crippen molar-refractivity contribution < 1.29 is 9.21 Å². The van der Waals surface area contributed by atoms with Crippen LogP contribution in [0, 0.1) is 5.92 Å². The van der Waals surface area contributed by atoms with Crippen LogP contribution in [0.15, 0.2) is 28.7 Å². The second kappa shape index (κ2) is 6.08. The van der Waals surface area contributed by atoms with Crippen molar-refractivity contribution in [1.29, 1.82) is 0 Å².